The van der Waals surface area contributed by atoms with Crippen LogP contribution in [-0.2, 0) is 4.79 Å². The minimum Gasteiger partial charge on any atom is -0.496 e. The lowest BCUT2D eigenvalue weighted by Crippen LogP contribution is -2.41. The minimum absolute atomic E-state index is 0.0797. The van der Waals surface area contributed by atoms with Crippen molar-refractivity contribution >= 4 is 17.2 Å². The van der Waals surface area contributed by atoms with Crippen LogP contribution in [0.3, 0.4) is 0 Å². The third-order valence-electron chi connectivity index (χ3n) is 8.73. The molecule has 6 nitrogen and oxygen atoms in total. The monoisotopic (exact) mass is 562 g/mol. The molecule has 2 N–H and O–H groups in total. The van der Waals surface area contributed by atoms with Gasteiger partial charge in [0.25, 0.3) is 5.19 Å². The van der Waals surface area contributed by atoms with E-state index < -0.39 is 6.10 Å². The van der Waals surface area contributed by atoms with Crippen LogP contribution in [0.4, 0.5) is 0 Å². The van der Waals surface area contributed by atoms with E-state index in [2.05, 4.69) is 46.7 Å². The van der Waals surface area contributed by atoms with E-state index in [9.17, 15) is 9.90 Å². The Balaban J connectivity index is 1.39. The molecular formula is C33H42N2O4S. The third-order valence-corrected chi connectivity index (χ3v) is 9.69. The lowest BCUT2D eigenvalue weighted by molar-refractivity contribution is -0.127. The first-order valence-electron chi connectivity index (χ1n) is 14.8. The second kappa shape index (κ2) is 13.2. The number of thiazole rings is 1. The summed E-state index contributed by atoms with van der Waals surface area (Å²) < 4.78 is 11.0. The molecule has 2 aliphatic carbocycles. The van der Waals surface area contributed by atoms with Crippen molar-refractivity contribution in [1.29, 1.82) is 0 Å². The molecule has 4 atom stereocenters. The van der Waals surface area contributed by atoms with Gasteiger partial charge >= 0.3 is 0 Å². The highest BCUT2D eigenvalue weighted by Gasteiger charge is 2.36. The molecule has 40 heavy (non-hydrogen) atoms. The molecule has 0 radical (unpaired) electrons. The number of aryl methyl sites for hydroxylation is 1. The van der Waals surface area contributed by atoms with Crippen molar-refractivity contribution in [2.75, 3.05) is 13.7 Å². The SMILES string of the molecule is CCOc1ncc(-c2cccc(C(NC(=O)C3CCCCC3)C3CCC(c4ccc(OC)c(C)c4)C(O)C3)c2)s1. The van der Waals surface area contributed by atoms with Gasteiger partial charge in [-0.1, -0.05) is 60.9 Å². The van der Waals surface area contributed by atoms with E-state index in [1.165, 1.54) is 17.8 Å². The molecule has 5 rings (SSSR count). The van der Waals surface area contributed by atoms with E-state index in [0.717, 1.165) is 71.4 Å². The molecule has 7 heteroatoms. The van der Waals surface area contributed by atoms with Crippen LogP contribution in [0, 0.1) is 18.8 Å². The van der Waals surface area contributed by atoms with E-state index in [-0.39, 0.29) is 29.7 Å². The number of carbonyl (C=O) groups is 1. The summed E-state index contributed by atoms with van der Waals surface area (Å²) in [6, 6.07) is 14.5. The van der Waals surface area contributed by atoms with Gasteiger partial charge in [0.15, 0.2) is 0 Å². The Morgan fingerprint density at radius 2 is 1.95 bits per heavy atom. The first kappa shape index (κ1) is 28.6. The van der Waals surface area contributed by atoms with Crippen molar-refractivity contribution in [3.8, 4) is 21.4 Å². The Hall–Kier alpha value is -2.90. The van der Waals surface area contributed by atoms with Gasteiger partial charge in [0.1, 0.15) is 5.75 Å². The highest BCUT2D eigenvalue weighted by atomic mass is 32.1. The Kier molecular flexibility index (Phi) is 9.43. The number of amides is 1. The van der Waals surface area contributed by atoms with Gasteiger partial charge in [-0.25, -0.2) is 4.98 Å². The molecule has 0 bridgehead atoms. The number of aliphatic hydroxyl groups excluding tert-OH is 1. The lowest BCUT2D eigenvalue weighted by Gasteiger charge is -2.38. The zero-order chi connectivity index (χ0) is 28.1. The molecule has 1 aromatic heterocycles. The van der Waals surface area contributed by atoms with Crippen molar-refractivity contribution in [2.24, 2.45) is 11.8 Å². The average molecular weight is 563 g/mol. The van der Waals surface area contributed by atoms with Crippen LogP contribution in [0.5, 0.6) is 10.9 Å². The first-order valence-corrected chi connectivity index (χ1v) is 15.6. The molecular weight excluding hydrogens is 520 g/mol. The Morgan fingerprint density at radius 1 is 1.12 bits per heavy atom. The average Bonchev–Trinajstić information content (AvgIpc) is 3.45. The Labute approximate surface area is 242 Å². The summed E-state index contributed by atoms with van der Waals surface area (Å²) in [5, 5.41) is 15.5. The number of benzene rings is 2. The highest BCUT2D eigenvalue weighted by molar-refractivity contribution is 7.16. The van der Waals surface area contributed by atoms with Crippen molar-refractivity contribution in [2.45, 2.75) is 83.3 Å². The standard InChI is InChI=1S/C33H42N2O4S/c1-4-39-33-34-20-30(40-33)24-11-8-12-25(18-24)31(35-32(37)22-9-6-5-7-10-22)26-13-15-27(28(36)19-26)23-14-16-29(38-3)21(2)17-23/h8,11-12,14,16-18,20,22,26-28,31,36H,4-7,9-10,13,15,19H2,1-3H3,(H,35,37). The third kappa shape index (κ3) is 6.52. The van der Waals surface area contributed by atoms with E-state index in [1.54, 1.807) is 7.11 Å². The van der Waals surface area contributed by atoms with E-state index in [0.29, 0.717) is 18.2 Å². The van der Waals surface area contributed by atoms with Crippen LogP contribution in [0.25, 0.3) is 10.4 Å². The van der Waals surface area contributed by atoms with Gasteiger partial charge in [0.2, 0.25) is 5.91 Å². The van der Waals surface area contributed by atoms with E-state index >= 15 is 0 Å². The molecule has 3 aromatic rings. The van der Waals surface area contributed by atoms with Crippen LogP contribution < -0.4 is 14.8 Å². The molecule has 214 valence electrons. The fraction of sp³-hybridized carbons (Fsp3) is 0.515. The van der Waals surface area contributed by atoms with Crippen LogP contribution in [0.2, 0.25) is 0 Å². The van der Waals surface area contributed by atoms with Crippen LogP contribution in [-0.4, -0.2) is 35.8 Å². The largest absolute Gasteiger partial charge is 0.496 e. The number of aliphatic hydroxyl groups is 1. The van der Waals surface area contributed by atoms with E-state index in [4.69, 9.17) is 9.47 Å². The summed E-state index contributed by atoms with van der Waals surface area (Å²) in [5.74, 6) is 1.34. The van der Waals surface area contributed by atoms with E-state index in [1.807, 2.05) is 26.1 Å². The van der Waals surface area contributed by atoms with Gasteiger partial charge in [-0.05, 0) is 86.3 Å². The molecule has 2 aromatic carbocycles. The van der Waals surface area contributed by atoms with Gasteiger partial charge in [0.05, 0.1) is 30.7 Å². The van der Waals surface area contributed by atoms with Crippen molar-refractivity contribution < 1.29 is 19.4 Å². The van der Waals surface area contributed by atoms with Crippen molar-refractivity contribution in [3.63, 3.8) is 0 Å². The second-order valence-corrected chi connectivity index (χ2v) is 12.3. The topological polar surface area (TPSA) is 80.7 Å². The number of nitrogens with one attached hydrogen (secondary N) is 1. The number of hydrogen-bond acceptors (Lipinski definition) is 6. The molecule has 4 unspecified atom stereocenters. The fourth-order valence-corrected chi connectivity index (χ4v) is 7.40. The molecule has 0 aliphatic heterocycles. The molecule has 2 fully saturated rings. The molecule has 2 saturated carbocycles. The summed E-state index contributed by atoms with van der Waals surface area (Å²) in [4.78, 5) is 19.0. The normalized spacial score (nSPS) is 22.4. The number of hydrogen-bond donors (Lipinski definition) is 2. The molecule has 1 heterocycles. The van der Waals surface area contributed by atoms with Gasteiger partial charge in [-0.2, -0.15) is 0 Å². The number of aromatic nitrogens is 1. The van der Waals surface area contributed by atoms with Crippen molar-refractivity contribution in [3.05, 3.63) is 65.4 Å². The minimum atomic E-state index is -0.473. The quantitative estimate of drug-likeness (QED) is 0.288. The summed E-state index contributed by atoms with van der Waals surface area (Å²) in [7, 11) is 1.69. The highest BCUT2D eigenvalue weighted by Crippen LogP contribution is 2.43. The molecule has 2 aliphatic rings. The number of ether oxygens (including phenoxy) is 2. The zero-order valence-corrected chi connectivity index (χ0v) is 24.7. The maximum atomic E-state index is 13.5. The fourth-order valence-electron chi connectivity index (χ4n) is 6.58. The summed E-state index contributed by atoms with van der Waals surface area (Å²) in [6.45, 7) is 4.59. The smallest absolute Gasteiger partial charge is 0.273 e. The van der Waals surface area contributed by atoms with Gasteiger partial charge in [-0.3, -0.25) is 4.79 Å². The van der Waals surface area contributed by atoms with Gasteiger partial charge < -0.3 is 19.9 Å². The van der Waals surface area contributed by atoms with Gasteiger partial charge in [-0.15, -0.1) is 0 Å². The number of carbonyl (C=O) groups excluding carboxylic acids is 1. The summed E-state index contributed by atoms with van der Waals surface area (Å²) in [5.41, 5.74) is 4.40. The molecule has 1 amide bonds. The summed E-state index contributed by atoms with van der Waals surface area (Å²) in [6.07, 6.45) is 9.22. The zero-order valence-electron chi connectivity index (χ0n) is 23.9. The maximum Gasteiger partial charge on any atom is 0.273 e. The molecule has 0 spiro atoms. The number of methoxy groups -OCH3 is 1. The second-order valence-electron chi connectivity index (χ2n) is 11.3. The predicted molar refractivity (Wildman–Crippen MR) is 160 cm³/mol. The van der Waals surface area contributed by atoms with Crippen LogP contribution >= 0.6 is 11.3 Å². The maximum absolute atomic E-state index is 13.5. The van der Waals surface area contributed by atoms with Crippen molar-refractivity contribution in [1.82, 2.24) is 10.3 Å². The Bertz CT molecular complexity index is 1280. The lowest BCUT2D eigenvalue weighted by atomic mass is 9.72. The predicted octanol–water partition coefficient (Wildman–Crippen LogP) is 7.21. The molecule has 0 saturated heterocycles. The number of rotatable bonds is 9. The van der Waals surface area contributed by atoms with Crippen LogP contribution in [0.1, 0.15) is 86.9 Å². The van der Waals surface area contributed by atoms with Gasteiger partial charge in [0, 0.05) is 18.0 Å². The first-order chi connectivity index (χ1) is 19.5. The Morgan fingerprint density at radius 3 is 2.67 bits per heavy atom. The summed E-state index contributed by atoms with van der Waals surface area (Å²) >= 11 is 1.54. The number of nitrogens with zero attached hydrogens (tertiary/aromatic N) is 1. The van der Waals surface area contributed by atoms with Crippen LogP contribution in [0.15, 0.2) is 48.7 Å².